The van der Waals surface area contributed by atoms with Crippen LogP contribution in [0.1, 0.15) is 6.92 Å². The predicted molar refractivity (Wildman–Crippen MR) is 37.3 cm³/mol. The second-order valence-corrected chi connectivity index (χ2v) is 2.12. The van der Waals surface area contributed by atoms with Crippen molar-refractivity contribution in [2.24, 2.45) is 5.73 Å². The summed E-state index contributed by atoms with van der Waals surface area (Å²) < 4.78 is 0. The molecule has 1 aliphatic heterocycles. The summed E-state index contributed by atoms with van der Waals surface area (Å²) in [5, 5.41) is 0. The number of rotatable bonds is 2. The lowest BCUT2D eigenvalue weighted by molar-refractivity contribution is 0.278. The Kier molecular flexibility index (Phi) is 1.95. The molecule has 0 radical (unpaired) electrons. The van der Waals surface area contributed by atoms with E-state index >= 15 is 0 Å². The van der Waals surface area contributed by atoms with E-state index in [9.17, 15) is 0 Å². The molecule has 0 aromatic rings. The van der Waals surface area contributed by atoms with Gasteiger partial charge in [0.15, 0.2) is 0 Å². The number of nitrogens with zero attached hydrogens (tertiary/aromatic N) is 2. The van der Waals surface area contributed by atoms with Crippen LogP contribution in [0.3, 0.4) is 0 Å². The molecule has 0 saturated carbocycles. The average Bonchev–Trinajstić information content (AvgIpc) is 2.34. The maximum absolute atomic E-state index is 5.40. The lowest BCUT2D eigenvalue weighted by Crippen LogP contribution is -2.29. The van der Waals surface area contributed by atoms with Gasteiger partial charge in [-0.3, -0.25) is 0 Å². The van der Waals surface area contributed by atoms with Gasteiger partial charge in [-0.05, 0) is 6.92 Å². The molecule has 3 heteroatoms. The highest BCUT2D eigenvalue weighted by molar-refractivity contribution is 4.88. The Hall–Kier alpha value is -0.700. The summed E-state index contributed by atoms with van der Waals surface area (Å²) in [6.45, 7) is 4.76. The van der Waals surface area contributed by atoms with E-state index in [0.29, 0.717) is 6.67 Å². The molecule has 0 amide bonds. The summed E-state index contributed by atoms with van der Waals surface area (Å²) in [7, 11) is 0. The fourth-order valence-corrected chi connectivity index (χ4v) is 0.840. The topological polar surface area (TPSA) is 32.5 Å². The maximum atomic E-state index is 5.40. The highest BCUT2D eigenvalue weighted by Gasteiger charge is 2.06. The van der Waals surface area contributed by atoms with Gasteiger partial charge in [0.05, 0.1) is 13.3 Å². The lowest BCUT2D eigenvalue weighted by atomic mass is 10.6. The van der Waals surface area contributed by atoms with Crippen LogP contribution in [-0.4, -0.2) is 29.7 Å². The number of hydrogen-bond acceptors (Lipinski definition) is 3. The normalized spacial score (nSPS) is 17.6. The summed E-state index contributed by atoms with van der Waals surface area (Å²) in [5.74, 6) is 0. The van der Waals surface area contributed by atoms with Crippen molar-refractivity contribution in [3.8, 4) is 0 Å². The van der Waals surface area contributed by atoms with E-state index in [1.165, 1.54) is 0 Å². The molecule has 9 heavy (non-hydrogen) atoms. The van der Waals surface area contributed by atoms with E-state index in [4.69, 9.17) is 5.73 Å². The Balaban J connectivity index is 2.31. The minimum Gasteiger partial charge on any atom is -0.359 e. The van der Waals surface area contributed by atoms with Crippen LogP contribution in [0.25, 0.3) is 0 Å². The van der Waals surface area contributed by atoms with Gasteiger partial charge in [-0.2, -0.15) is 0 Å². The average molecular weight is 127 g/mol. The van der Waals surface area contributed by atoms with Crippen LogP contribution in [0.15, 0.2) is 12.4 Å². The number of nitrogens with two attached hydrogens (primary N) is 1. The standard InChI is InChI=1S/C6H13N3/c1-2-8-3-4-9(5-7)6-8/h3-4H,2,5-7H2,1H3. The van der Waals surface area contributed by atoms with E-state index < -0.39 is 0 Å². The monoisotopic (exact) mass is 127 g/mol. The van der Waals surface area contributed by atoms with Crippen molar-refractivity contribution in [3.63, 3.8) is 0 Å². The third-order valence-corrected chi connectivity index (χ3v) is 1.49. The van der Waals surface area contributed by atoms with Gasteiger partial charge in [0.2, 0.25) is 0 Å². The fraction of sp³-hybridized carbons (Fsp3) is 0.667. The van der Waals surface area contributed by atoms with Gasteiger partial charge in [-0.1, -0.05) is 0 Å². The van der Waals surface area contributed by atoms with Crippen LogP contribution in [0, 0.1) is 0 Å². The van der Waals surface area contributed by atoms with Crippen molar-refractivity contribution < 1.29 is 0 Å². The highest BCUT2D eigenvalue weighted by atomic mass is 15.3. The first-order chi connectivity index (χ1) is 4.36. The largest absolute Gasteiger partial charge is 0.359 e. The van der Waals surface area contributed by atoms with Crippen molar-refractivity contribution in [2.75, 3.05) is 19.9 Å². The summed E-state index contributed by atoms with van der Waals surface area (Å²) in [6.07, 6.45) is 4.08. The zero-order chi connectivity index (χ0) is 6.69. The third kappa shape index (κ3) is 1.36. The first kappa shape index (κ1) is 6.42. The van der Waals surface area contributed by atoms with Crippen LogP contribution in [0.4, 0.5) is 0 Å². The van der Waals surface area contributed by atoms with Crippen LogP contribution in [0.5, 0.6) is 0 Å². The van der Waals surface area contributed by atoms with E-state index in [0.717, 1.165) is 13.2 Å². The van der Waals surface area contributed by atoms with Crippen LogP contribution >= 0.6 is 0 Å². The van der Waals surface area contributed by atoms with Crippen molar-refractivity contribution in [3.05, 3.63) is 12.4 Å². The van der Waals surface area contributed by atoms with Gasteiger partial charge in [0, 0.05) is 18.9 Å². The van der Waals surface area contributed by atoms with Crippen molar-refractivity contribution in [1.29, 1.82) is 0 Å². The summed E-state index contributed by atoms with van der Waals surface area (Å²) in [5.41, 5.74) is 5.40. The molecule has 0 bridgehead atoms. The SMILES string of the molecule is CCN1C=CN(CN)C1. The van der Waals surface area contributed by atoms with Crippen molar-refractivity contribution >= 4 is 0 Å². The molecule has 1 aliphatic rings. The molecule has 0 saturated heterocycles. The highest BCUT2D eigenvalue weighted by Crippen LogP contribution is 2.02. The Labute approximate surface area is 55.7 Å². The molecule has 0 unspecified atom stereocenters. The van der Waals surface area contributed by atoms with E-state index in [-0.39, 0.29) is 0 Å². The maximum Gasteiger partial charge on any atom is 0.0905 e. The van der Waals surface area contributed by atoms with Crippen LogP contribution in [0.2, 0.25) is 0 Å². The first-order valence-electron chi connectivity index (χ1n) is 3.23. The van der Waals surface area contributed by atoms with Crippen molar-refractivity contribution in [1.82, 2.24) is 9.80 Å². The smallest absolute Gasteiger partial charge is 0.0905 e. The molecule has 0 aliphatic carbocycles. The quantitative estimate of drug-likeness (QED) is 0.565. The molecule has 0 aromatic carbocycles. The Morgan fingerprint density at radius 2 is 2.11 bits per heavy atom. The van der Waals surface area contributed by atoms with Crippen LogP contribution < -0.4 is 5.73 Å². The molecule has 0 fully saturated rings. The number of hydrogen-bond donors (Lipinski definition) is 1. The molecule has 0 aromatic heterocycles. The lowest BCUT2D eigenvalue weighted by Gasteiger charge is -2.17. The molecule has 0 spiro atoms. The Morgan fingerprint density at radius 3 is 2.44 bits per heavy atom. The second-order valence-electron chi connectivity index (χ2n) is 2.12. The zero-order valence-electron chi connectivity index (χ0n) is 5.75. The van der Waals surface area contributed by atoms with Crippen molar-refractivity contribution in [2.45, 2.75) is 6.92 Å². The molecular weight excluding hydrogens is 114 g/mol. The van der Waals surface area contributed by atoms with E-state index in [1.54, 1.807) is 0 Å². The van der Waals surface area contributed by atoms with Crippen LogP contribution in [-0.2, 0) is 0 Å². The van der Waals surface area contributed by atoms with E-state index in [1.807, 2.05) is 6.20 Å². The molecule has 3 nitrogen and oxygen atoms in total. The van der Waals surface area contributed by atoms with E-state index in [2.05, 4.69) is 22.9 Å². The fourth-order valence-electron chi connectivity index (χ4n) is 0.840. The van der Waals surface area contributed by atoms with Gasteiger partial charge in [-0.25, -0.2) is 0 Å². The predicted octanol–water partition coefficient (Wildman–Crippen LogP) is -0.0312. The molecule has 52 valence electrons. The van der Waals surface area contributed by atoms with Gasteiger partial charge in [0.1, 0.15) is 0 Å². The summed E-state index contributed by atoms with van der Waals surface area (Å²) >= 11 is 0. The first-order valence-corrected chi connectivity index (χ1v) is 3.23. The van der Waals surface area contributed by atoms with Gasteiger partial charge in [-0.15, -0.1) is 0 Å². The zero-order valence-corrected chi connectivity index (χ0v) is 5.75. The molecular formula is C6H13N3. The summed E-state index contributed by atoms with van der Waals surface area (Å²) in [6, 6.07) is 0. The van der Waals surface area contributed by atoms with Gasteiger partial charge < -0.3 is 15.5 Å². The van der Waals surface area contributed by atoms with Gasteiger partial charge >= 0.3 is 0 Å². The minimum absolute atomic E-state index is 0.618. The Bertz CT molecular complexity index is 98.9. The second kappa shape index (κ2) is 2.73. The molecule has 1 rings (SSSR count). The molecule has 0 atom stereocenters. The minimum atomic E-state index is 0.618. The third-order valence-electron chi connectivity index (χ3n) is 1.49. The van der Waals surface area contributed by atoms with Gasteiger partial charge in [0.25, 0.3) is 0 Å². The Morgan fingerprint density at radius 1 is 1.44 bits per heavy atom. The summed E-state index contributed by atoms with van der Waals surface area (Å²) in [4.78, 5) is 4.26. The molecule has 2 N–H and O–H groups in total. The molecule has 1 heterocycles.